The first kappa shape index (κ1) is 15.1. The number of rotatable bonds is 2. The molecule has 0 bridgehead atoms. The van der Waals surface area contributed by atoms with E-state index in [0.717, 1.165) is 18.2 Å². The lowest BCUT2D eigenvalue weighted by atomic mass is 9.82. The number of fused-ring (bicyclic) bond motifs is 2. The highest BCUT2D eigenvalue weighted by atomic mass is 16.6. The van der Waals surface area contributed by atoms with Gasteiger partial charge in [0, 0.05) is 17.7 Å². The number of nitro benzene ring substituents is 2. The molecule has 0 spiro atoms. The predicted molar refractivity (Wildman–Crippen MR) is 76.4 cm³/mol. The van der Waals surface area contributed by atoms with Gasteiger partial charge >= 0.3 is 0 Å². The van der Waals surface area contributed by atoms with Gasteiger partial charge in [-0.05, 0) is 6.07 Å². The van der Waals surface area contributed by atoms with Gasteiger partial charge in [-0.1, -0.05) is 0 Å². The van der Waals surface area contributed by atoms with Crippen molar-refractivity contribution in [3.63, 3.8) is 0 Å². The molecular formula is C14H6N2O8. The quantitative estimate of drug-likeness (QED) is 0.530. The number of phenols is 2. The van der Waals surface area contributed by atoms with Crippen molar-refractivity contribution in [1.82, 2.24) is 0 Å². The van der Waals surface area contributed by atoms with Crippen LogP contribution in [0.2, 0.25) is 0 Å². The van der Waals surface area contributed by atoms with E-state index in [1.165, 1.54) is 0 Å². The van der Waals surface area contributed by atoms with Gasteiger partial charge in [-0.25, -0.2) is 0 Å². The molecule has 2 N–H and O–H groups in total. The summed E-state index contributed by atoms with van der Waals surface area (Å²) in [6.07, 6.45) is 0. The molecular weight excluding hydrogens is 324 g/mol. The molecule has 0 unspecified atom stereocenters. The Morgan fingerprint density at radius 2 is 1.46 bits per heavy atom. The topological polar surface area (TPSA) is 161 Å². The van der Waals surface area contributed by atoms with Crippen LogP contribution < -0.4 is 0 Å². The normalized spacial score (nSPS) is 12.5. The summed E-state index contributed by atoms with van der Waals surface area (Å²) < 4.78 is 0. The second-order valence-electron chi connectivity index (χ2n) is 4.91. The summed E-state index contributed by atoms with van der Waals surface area (Å²) in [5.41, 5.74) is -3.75. The van der Waals surface area contributed by atoms with Crippen LogP contribution in [-0.4, -0.2) is 31.6 Å². The fraction of sp³-hybridized carbons (Fsp3) is 0. The van der Waals surface area contributed by atoms with Crippen LogP contribution in [0.4, 0.5) is 11.4 Å². The number of nitro groups is 2. The number of aromatic hydroxyl groups is 2. The van der Waals surface area contributed by atoms with Crippen LogP contribution in [0.25, 0.3) is 0 Å². The van der Waals surface area contributed by atoms with Gasteiger partial charge < -0.3 is 10.2 Å². The summed E-state index contributed by atoms with van der Waals surface area (Å²) in [6, 6.07) is 3.17. The van der Waals surface area contributed by atoms with E-state index in [1.807, 2.05) is 0 Å². The molecule has 0 saturated carbocycles. The maximum atomic E-state index is 12.6. The average molecular weight is 330 g/mol. The Hall–Kier alpha value is -3.82. The molecule has 1 aliphatic rings. The number of nitrogens with zero attached hydrogens (tertiary/aromatic N) is 2. The first-order valence-electron chi connectivity index (χ1n) is 6.35. The molecule has 0 aromatic heterocycles. The molecule has 0 amide bonds. The number of benzene rings is 2. The molecule has 10 nitrogen and oxygen atoms in total. The molecule has 0 radical (unpaired) electrons. The van der Waals surface area contributed by atoms with E-state index in [2.05, 4.69) is 0 Å². The van der Waals surface area contributed by atoms with Crippen molar-refractivity contribution < 1.29 is 29.6 Å². The van der Waals surface area contributed by atoms with E-state index in [9.17, 15) is 40.0 Å². The highest BCUT2D eigenvalue weighted by Crippen LogP contribution is 2.41. The Kier molecular flexibility index (Phi) is 3.04. The SMILES string of the molecule is O=C1c2c(O)cc([N+](=O)[O-])cc2C(=O)c2c([N+](=O)[O-])ccc(O)c21. The van der Waals surface area contributed by atoms with Gasteiger partial charge in [-0.3, -0.25) is 29.8 Å². The van der Waals surface area contributed by atoms with Crippen LogP contribution in [0.1, 0.15) is 31.8 Å². The van der Waals surface area contributed by atoms with Crippen molar-refractivity contribution in [2.75, 3.05) is 0 Å². The Balaban J connectivity index is 2.41. The largest absolute Gasteiger partial charge is 0.507 e. The van der Waals surface area contributed by atoms with Crippen LogP contribution in [0.5, 0.6) is 11.5 Å². The van der Waals surface area contributed by atoms with Crippen molar-refractivity contribution in [2.24, 2.45) is 0 Å². The molecule has 2 aromatic carbocycles. The summed E-state index contributed by atoms with van der Waals surface area (Å²) in [7, 11) is 0. The molecule has 120 valence electrons. The standard InChI is InChI=1S/C14H6N2O8/c17-8-2-1-7(16(23)24)11-12(8)14(20)10-6(13(11)19)3-5(15(21)22)4-9(10)18/h1-4,17-18H. The van der Waals surface area contributed by atoms with E-state index in [1.54, 1.807) is 0 Å². The summed E-state index contributed by atoms with van der Waals surface area (Å²) in [5.74, 6) is -3.60. The number of hydrogen-bond donors (Lipinski definition) is 2. The predicted octanol–water partition coefficient (Wildman–Crippen LogP) is 1.69. The summed E-state index contributed by atoms with van der Waals surface area (Å²) >= 11 is 0. The zero-order chi connectivity index (χ0) is 17.8. The third-order valence-corrected chi connectivity index (χ3v) is 3.60. The second kappa shape index (κ2) is 4.84. The van der Waals surface area contributed by atoms with Crippen molar-refractivity contribution in [3.8, 4) is 11.5 Å². The zero-order valence-corrected chi connectivity index (χ0v) is 11.5. The lowest BCUT2D eigenvalue weighted by Gasteiger charge is -2.18. The van der Waals surface area contributed by atoms with Crippen molar-refractivity contribution in [1.29, 1.82) is 0 Å². The molecule has 1 aliphatic carbocycles. The number of non-ortho nitro benzene ring substituents is 1. The second-order valence-corrected chi connectivity index (χ2v) is 4.91. The number of hydrogen-bond acceptors (Lipinski definition) is 8. The van der Waals surface area contributed by atoms with Crippen LogP contribution >= 0.6 is 0 Å². The summed E-state index contributed by atoms with van der Waals surface area (Å²) in [4.78, 5) is 45.2. The highest BCUT2D eigenvalue weighted by Gasteiger charge is 2.40. The smallest absolute Gasteiger partial charge is 0.281 e. The fourth-order valence-corrected chi connectivity index (χ4v) is 2.59. The molecule has 10 heteroatoms. The lowest BCUT2D eigenvalue weighted by Crippen LogP contribution is -2.22. The Morgan fingerprint density at radius 3 is 2.04 bits per heavy atom. The lowest BCUT2D eigenvalue weighted by molar-refractivity contribution is -0.385. The number of ketones is 2. The first-order chi connectivity index (χ1) is 11.2. The monoisotopic (exact) mass is 330 g/mol. The van der Waals surface area contributed by atoms with Crippen LogP contribution in [0.15, 0.2) is 24.3 Å². The Morgan fingerprint density at radius 1 is 0.792 bits per heavy atom. The average Bonchev–Trinajstić information content (AvgIpc) is 2.51. The van der Waals surface area contributed by atoms with Gasteiger partial charge in [-0.2, -0.15) is 0 Å². The minimum absolute atomic E-state index is 0.534. The van der Waals surface area contributed by atoms with Gasteiger partial charge in [0.15, 0.2) is 0 Å². The summed E-state index contributed by atoms with van der Waals surface area (Å²) in [6.45, 7) is 0. The van der Waals surface area contributed by atoms with Gasteiger partial charge in [0.05, 0.1) is 27.0 Å². The molecule has 24 heavy (non-hydrogen) atoms. The van der Waals surface area contributed by atoms with Crippen molar-refractivity contribution in [2.45, 2.75) is 0 Å². The van der Waals surface area contributed by atoms with E-state index in [4.69, 9.17) is 0 Å². The maximum absolute atomic E-state index is 12.6. The molecule has 0 fully saturated rings. The third kappa shape index (κ3) is 1.90. The van der Waals surface area contributed by atoms with Gasteiger partial charge in [0.25, 0.3) is 11.4 Å². The van der Waals surface area contributed by atoms with Crippen LogP contribution in [-0.2, 0) is 0 Å². The fourth-order valence-electron chi connectivity index (χ4n) is 2.59. The van der Waals surface area contributed by atoms with Gasteiger partial charge in [0.2, 0.25) is 11.6 Å². The van der Waals surface area contributed by atoms with E-state index in [0.29, 0.717) is 6.07 Å². The molecule has 0 saturated heterocycles. The van der Waals surface area contributed by atoms with Gasteiger partial charge in [-0.15, -0.1) is 0 Å². The zero-order valence-electron chi connectivity index (χ0n) is 11.5. The number of carbonyl (C=O) groups excluding carboxylic acids is 2. The highest BCUT2D eigenvalue weighted by molar-refractivity contribution is 6.31. The van der Waals surface area contributed by atoms with Gasteiger partial charge in [0.1, 0.15) is 17.1 Å². The third-order valence-electron chi connectivity index (χ3n) is 3.60. The molecule has 2 aromatic rings. The number of phenolic OH excluding ortho intramolecular Hbond substituents is 2. The molecule has 0 atom stereocenters. The molecule has 3 rings (SSSR count). The van der Waals surface area contributed by atoms with Crippen LogP contribution in [0.3, 0.4) is 0 Å². The minimum Gasteiger partial charge on any atom is -0.507 e. The summed E-state index contributed by atoms with van der Waals surface area (Å²) in [5, 5.41) is 41.6. The van der Waals surface area contributed by atoms with Crippen molar-refractivity contribution in [3.05, 3.63) is 66.7 Å². The maximum Gasteiger partial charge on any atom is 0.281 e. The minimum atomic E-state index is -1.07. The Labute approximate surface area is 131 Å². The van der Waals surface area contributed by atoms with E-state index < -0.39 is 66.5 Å². The van der Waals surface area contributed by atoms with Crippen LogP contribution in [0, 0.1) is 20.2 Å². The van der Waals surface area contributed by atoms with E-state index in [-0.39, 0.29) is 0 Å². The molecule has 0 heterocycles. The van der Waals surface area contributed by atoms with E-state index >= 15 is 0 Å². The molecule has 0 aliphatic heterocycles. The van der Waals surface area contributed by atoms with Crippen molar-refractivity contribution >= 4 is 22.9 Å². The first-order valence-corrected chi connectivity index (χ1v) is 6.35. The Bertz CT molecular complexity index is 979. The number of carbonyl (C=O) groups is 2.